The normalized spacial score (nSPS) is 23.3. The van der Waals surface area contributed by atoms with E-state index in [2.05, 4.69) is 52.2 Å². The summed E-state index contributed by atoms with van der Waals surface area (Å²) in [7, 11) is 7.97. The number of guanidine groups is 1. The Labute approximate surface area is 144 Å². The number of hydrogen-bond donors (Lipinski definition) is 2. The van der Waals surface area contributed by atoms with E-state index in [1.165, 1.54) is 24.8 Å². The fraction of sp³-hybridized carbons (Fsp3) is 0.750. The molecule has 130 valence electrons. The van der Waals surface area contributed by atoms with Crippen molar-refractivity contribution in [3.63, 3.8) is 0 Å². The number of aryl methyl sites for hydroxylation is 1. The number of rotatable bonds is 6. The van der Waals surface area contributed by atoms with Crippen LogP contribution >= 0.6 is 11.8 Å². The highest BCUT2D eigenvalue weighted by Crippen LogP contribution is 2.28. The maximum absolute atomic E-state index is 4.38. The molecule has 7 heteroatoms. The summed E-state index contributed by atoms with van der Waals surface area (Å²) in [5.74, 6) is 0.896. The lowest BCUT2D eigenvalue weighted by Crippen LogP contribution is -2.45. The Morgan fingerprint density at radius 3 is 2.83 bits per heavy atom. The molecule has 3 atom stereocenters. The molecule has 2 N–H and O–H groups in total. The van der Waals surface area contributed by atoms with Crippen LogP contribution in [0.4, 0.5) is 0 Å². The van der Waals surface area contributed by atoms with Gasteiger partial charge < -0.3 is 15.5 Å². The Kier molecular flexibility index (Phi) is 6.77. The van der Waals surface area contributed by atoms with Crippen molar-refractivity contribution in [1.29, 1.82) is 0 Å². The van der Waals surface area contributed by atoms with Crippen LogP contribution in [0.15, 0.2) is 17.4 Å². The fourth-order valence-electron chi connectivity index (χ4n) is 3.08. The smallest absolute Gasteiger partial charge is 0.191 e. The molecular formula is C16H30N6S. The molecule has 23 heavy (non-hydrogen) atoms. The first-order valence-corrected chi connectivity index (χ1v) is 9.47. The van der Waals surface area contributed by atoms with Crippen LogP contribution in [0.3, 0.4) is 0 Å². The number of aliphatic imine (C=N–C) groups is 1. The summed E-state index contributed by atoms with van der Waals surface area (Å²) in [5.41, 5.74) is 1.21. The van der Waals surface area contributed by atoms with E-state index in [-0.39, 0.29) is 6.04 Å². The third kappa shape index (κ3) is 5.14. The van der Waals surface area contributed by atoms with E-state index in [1.807, 2.05) is 36.7 Å². The SMILES string of the molecule is CN=C(NCC(c1cnn(C)c1)N(C)C)NC1CCC(SC)C1. The molecule has 3 unspecified atom stereocenters. The molecule has 0 radical (unpaired) electrons. The van der Waals surface area contributed by atoms with Crippen molar-refractivity contribution in [2.24, 2.45) is 12.0 Å². The average Bonchev–Trinajstić information content (AvgIpc) is 3.15. The Balaban J connectivity index is 1.88. The van der Waals surface area contributed by atoms with Crippen LogP contribution in [0.5, 0.6) is 0 Å². The summed E-state index contributed by atoms with van der Waals surface area (Å²) in [5, 5.41) is 12.1. The lowest BCUT2D eigenvalue weighted by Gasteiger charge is -2.25. The third-order valence-corrected chi connectivity index (χ3v) is 5.57. The van der Waals surface area contributed by atoms with Gasteiger partial charge in [0, 0.05) is 43.7 Å². The molecule has 0 aromatic carbocycles. The summed E-state index contributed by atoms with van der Waals surface area (Å²) >= 11 is 1.98. The largest absolute Gasteiger partial charge is 0.354 e. The first kappa shape index (κ1) is 18.1. The molecule has 0 bridgehead atoms. The monoisotopic (exact) mass is 338 g/mol. The van der Waals surface area contributed by atoms with Gasteiger partial charge in [0.25, 0.3) is 0 Å². The molecule has 2 rings (SSSR count). The fourth-order valence-corrected chi connectivity index (χ4v) is 3.87. The second kappa shape index (κ2) is 8.59. The van der Waals surface area contributed by atoms with E-state index < -0.39 is 0 Å². The maximum Gasteiger partial charge on any atom is 0.191 e. The lowest BCUT2D eigenvalue weighted by molar-refractivity contribution is 0.298. The summed E-state index contributed by atoms with van der Waals surface area (Å²) in [6.07, 6.45) is 9.96. The van der Waals surface area contributed by atoms with Gasteiger partial charge in [-0.25, -0.2) is 0 Å². The zero-order valence-electron chi connectivity index (χ0n) is 14.9. The van der Waals surface area contributed by atoms with Crippen LogP contribution in [-0.4, -0.2) is 65.9 Å². The van der Waals surface area contributed by atoms with Crippen molar-refractivity contribution in [1.82, 2.24) is 25.3 Å². The molecule has 1 fully saturated rings. The van der Waals surface area contributed by atoms with Crippen LogP contribution in [0.2, 0.25) is 0 Å². The standard InChI is InChI=1S/C16H30N6S/c1-17-16(20-13-6-7-14(8-13)23-5)18-10-15(21(2)3)12-9-19-22(4)11-12/h9,11,13-15H,6-8,10H2,1-5H3,(H2,17,18,20). The number of nitrogens with one attached hydrogen (secondary N) is 2. The number of thioether (sulfide) groups is 1. The van der Waals surface area contributed by atoms with E-state index in [9.17, 15) is 0 Å². The second-order valence-corrected chi connectivity index (χ2v) is 7.53. The van der Waals surface area contributed by atoms with Gasteiger partial charge in [-0.3, -0.25) is 9.67 Å². The predicted molar refractivity (Wildman–Crippen MR) is 99.1 cm³/mol. The molecule has 1 aliphatic rings. The van der Waals surface area contributed by atoms with Crippen molar-refractivity contribution < 1.29 is 0 Å². The highest BCUT2D eigenvalue weighted by atomic mass is 32.2. The van der Waals surface area contributed by atoms with Gasteiger partial charge in [-0.05, 0) is 39.6 Å². The van der Waals surface area contributed by atoms with Crippen LogP contribution < -0.4 is 10.6 Å². The highest BCUT2D eigenvalue weighted by Gasteiger charge is 2.25. The van der Waals surface area contributed by atoms with Gasteiger partial charge in [0.05, 0.1) is 12.2 Å². The Morgan fingerprint density at radius 2 is 2.30 bits per heavy atom. The summed E-state index contributed by atoms with van der Waals surface area (Å²) < 4.78 is 1.85. The molecule has 0 spiro atoms. The molecule has 1 aliphatic carbocycles. The first-order valence-electron chi connectivity index (χ1n) is 8.18. The van der Waals surface area contributed by atoms with Crippen LogP contribution in [0, 0.1) is 0 Å². The minimum absolute atomic E-state index is 0.268. The number of likely N-dealkylation sites (N-methyl/N-ethyl adjacent to an activating group) is 1. The molecule has 1 saturated carbocycles. The van der Waals surface area contributed by atoms with Gasteiger partial charge in [-0.15, -0.1) is 0 Å². The molecule has 1 heterocycles. The van der Waals surface area contributed by atoms with Gasteiger partial charge in [0.1, 0.15) is 0 Å². The van der Waals surface area contributed by atoms with Crippen molar-refractivity contribution in [3.8, 4) is 0 Å². The maximum atomic E-state index is 4.38. The number of nitrogens with zero attached hydrogens (tertiary/aromatic N) is 4. The third-order valence-electron chi connectivity index (χ3n) is 4.48. The van der Waals surface area contributed by atoms with Crippen molar-refractivity contribution in [2.75, 3.05) is 33.9 Å². The summed E-state index contributed by atoms with van der Waals surface area (Å²) in [6.45, 7) is 0.803. The minimum Gasteiger partial charge on any atom is -0.354 e. The summed E-state index contributed by atoms with van der Waals surface area (Å²) in [6, 6.07) is 0.805. The van der Waals surface area contributed by atoms with Gasteiger partial charge in [0.2, 0.25) is 0 Å². The number of hydrogen-bond acceptors (Lipinski definition) is 4. The van der Waals surface area contributed by atoms with Crippen LogP contribution in [0.1, 0.15) is 30.9 Å². The van der Waals surface area contributed by atoms with Gasteiger partial charge in [-0.2, -0.15) is 16.9 Å². The number of aromatic nitrogens is 2. The average molecular weight is 339 g/mol. The molecular weight excluding hydrogens is 308 g/mol. The second-order valence-electron chi connectivity index (χ2n) is 6.39. The Hall–Kier alpha value is -1.21. The lowest BCUT2D eigenvalue weighted by atomic mass is 10.1. The van der Waals surface area contributed by atoms with Crippen molar-refractivity contribution >= 4 is 17.7 Å². The van der Waals surface area contributed by atoms with Crippen LogP contribution in [0.25, 0.3) is 0 Å². The molecule has 1 aromatic rings. The van der Waals surface area contributed by atoms with Crippen molar-refractivity contribution in [3.05, 3.63) is 18.0 Å². The van der Waals surface area contributed by atoms with Gasteiger partial charge in [-0.1, -0.05) is 0 Å². The Bertz CT molecular complexity index is 512. The topological polar surface area (TPSA) is 57.5 Å². The van der Waals surface area contributed by atoms with E-state index in [4.69, 9.17) is 0 Å². The van der Waals surface area contributed by atoms with E-state index in [0.29, 0.717) is 6.04 Å². The van der Waals surface area contributed by atoms with Crippen molar-refractivity contribution in [2.45, 2.75) is 36.6 Å². The van der Waals surface area contributed by atoms with Gasteiger partial charge >= 0.3 is 0 Å². The predicted octanol–water partition coefficient (Wildman–Crippen LogP) is 1.47. The quantitative estimate of drug-likeness (QED) is 0.608. The molecule has 6 nitrogen and oxygen atoms in total. The Morgan fingerprint density at radius 1 is 1.52 bits per heavy atom. The molecule has 0 aliphatic heterocycles. The van der Waals surface area contributed by atoms with E-state index in [1.54, 1.807) is 0 Å². The van der Waals surface area contributed by atoms with Crippen LogP contribution in [-0.2, 0) is 7.05 Å². The van der Waals surface area contributed by atoms with Gasteiger partial charge in [0.15, 0.2) is 5.96 Å². The summed E-state index contributed by atoms with van der Waals surface area (Å²) in [4.78, 5) is 6.59. The first-order chi connectivity index (χ1) is 11.0. The molecule has 0 saturated heterocycles. The highest BCUT2D eigenvalue weighted by molar-refractivity contribution is 7.99. The minimum atomic E-state index is 0.268. The zero-order valence-corrected chi connectivity index (χ0v) is 15.7. The molecule has 1 aromatic heterocycles. The molecule has 0 amide bonds. The van der Waals surface area contributed by atoms with E-state index >= 15 is 0 Å². The zero-order chi connectivity index (χ0) is 16.8. The van der Waals surface area contributed by atoms with E-state index in [0.717, 1.165) is 17.8 Å².